The maximum atomic E-state index is 11.0. The van der Waals surface area contributed by atoms with Gasteiger partial charge < -0.3 is 15.3 Å². The molecule has 3 rings (SSSR count). The summed E-state index contributed by atoms with van der Waals surface area (Å²) in [6.07, 6.45) is 1.08. The SMILES string of the molecule is O=C(O)c1cccc(CNCCCN2CCN(c3cccc(Cl)c3)CC2)c1. The van der Waals surface area contributed by atoms with Crippen LogP contribution in [0.1, 0.15) is 22.3 Å². The smallest absolute Gasteiger partial charge is 0.335 e. The summed E-state index contributed by atoms with van der Waals surface area (Å²) in [6, 6.07) is 15.1. The second kappa shape index (κ2) is 9.74. The first-order chi connectivity index (χ1) is 13.1. The van der Waals surface area contributed by atoms with E-state index < -0.39 is 5.97 Å². The van der Waals surface area contributed by atoms with Gasteiger partial charge >= 0.3 is 5.97 Å². The maximum Gasteiger partial charge on any atom is 0.335 e. The van der Waals surface area contributed by atoms with Crippen LogP contribution in [0.3, 0.4) is 0 Å². The van der Waals surface area contributed by atoms with Crippen LogP contribution in [0, 0.1) is 0 Å². The average molecular weight is 388 g/mol. The van der Waals surface area contributed by atoms with Crippen molar-refractivity contribution in [3.8, 4) is 0 Å². The van der Waals surface area contributed by atoms with Crippen molar-refractivity contribution in [1.29, 1.82) is 0 Å². The molecule has 27 heavy (non-hydrogen) atoms. The van der Waals surface area contributed by atoms with Crippen molar-refractivity contribution in [3.05, 3.63) is 64.7 Å². The van der Waals surface area contributed by atoms with Crippen molar-refractivity contribution in [2.45, 2.75) is 13.0 Å². The Morgan fingerprint density at radius 1 is 1.07 bits per heavy atom. The molecule has 0 bridgehead atoms. The Hall–Kier alpha value is -2.08. The Morgan fingerprint density at radius 3 is 2.59 bits per heavy atom. The number of piperazine rings is 1. The maximum absolute atomic E-state index is 11.0. The van der Waals surface area contributed by atoms with E-state index in [1.54, 1.807) is 18.2 Å². The molecule has 1 aliphatic heterocycles. The van der Waals surface area contributed by atoms with Crippen molar-refractivity contribution < 1.29 is 9.90 Å². The Bertz CT molecular complexity index is 761. The monoisotopic (exact) mass is 387 g/mol. The minimum atomic E-state index is -0.881. The Kier molecular flexibility index (Phi) is 7.10. The zero-order valence-corrected chi connectivity index (χ0v) is 16.2. The van der Waals surface area contributed by atoms with Gasteiger partial charge in [0.15, 0.2) is 0 Å². The zero-order valence-electron chi connectivity index (χ0n) is 15.4. The summed E-state index contributed by atoms with van der Waals surface area (Å²) in [7, 11) is 0. The summed E-state index contributed by atoms with van der Waals surface area (Å²) in [4.78, 5) is 15.9. The molecule has 1 fully saturated rings. The van der Waals surface area contributed by atoms with Gasteiger partial charge in [-0.2, -0.15) is 0 Å². The van der Waals surface area contributed by atoms with Crippen LogP contribution in [0.2, 0.25) is 5.02 Å². The molecule has 0 atom stereocenters. The molecule has 1 saturated heterocycles. The quantitative estimate of drug-likeness (QED) is 0.680. The van der Waals surface area contributed by atoms with Crippen molar-refractivity contribution in [2.75, 3.05) is 44.2 Å². The van der Waals surface area contributed by atoms with Crippen LogP contribution in [0.5, 0.6) is 0 Å². The van der Waals surface area contributed by atoms with Crippen LogP contribution in [0.4, 0.5) is 5.69 Å². The third kappa shape index (κ3) is 5.96. The Balaban J connectivity index is 1.33. The van der Waals surface area contributed by atoms with Gasteiger partial charge in [-0.25, -0.2) is 4.79 Å². The molecule has 2 aromatic carbocycles. The number of benzene rings is 2. The van der Waals surface area contributed by atoms with Gasteiger partial charge in [0.1, 0.15) is 0 Å². The first kappa shape index (κ1) is 19.7. The summed E-state index contributed by atoms with van der Waals surface area (Å²) in [5, 5.41) is 13.2. The summed E-state index contributed by atoms with van der Waals surface area (Å²) < 4.78 is 0. The predicted octanol–water partition coefficient (Wildman–Crippen LogP) is 3.34. The van der Waals surface area contributed by atoms with Gasteiger partial charge in [-0.1, -0.05) is 29.8 Å². The molecule has 2 aromatic rings. The fraction of sp³-hybridized carbons (Fsp3) is 0.381. The molecule has 6 heteroatoms. The van der Waals surface area contributed by atoms with Crippen LogP contribution < -0.4 is 10.2 Å². The van der Waals surface area contributed by atoms with Gasteiger partial charge in [0, 0.05) is 43.4 Å². The fourth-order valence-corrected chi connectivity index (χ4v) is 3.56. The number of hydrogen-bond acceptors (Lipinski definition) is 4. The number of anilines is 1. The highest BCUT2D eigenvalue weighted by atomic mass is 35.5. The van der Waals surface area contributed by atoms with Crippen molar-refractivity contribution >= 4 is 23.3 Å². The van der Waals surface area contributed by atoms with E-state index in [-0.39, 0.29) is 0 Å². The Morgan fingerprint density at radius 2 is 1.85 bits per heavy atom. The van der Waals surface area contributed by atoms with E-state index in [2.05, 4.69) is 21.2 Å². The summed E-state index contributed by atoms with van der Waals surface area (Å²) in [5.74, 6) is -0.881. The summed E-state index contributed by atoms with van der Waals surface area (Å²) in [5.41, 5.74) is 2.55. The molecule has 0 spiro atoms. The number of carboxylic acid groups (broad SMARTS) is 1. The molecule has 2 N–H and O–H groups in total. The lowest BCUT2D eigenvalue weighted by molar-refractivity contribution is 0.0696. The van der Waals surface area contributed by atoms with Crippen LogP contribution in [0.25, 0.3) is 0 Å². The number of carboxylic acids is 1. The molecule has 1 aliphatic rings. The number of carbonyl (C=O) groups is 1. The van der Waals surface area contributed by atoms with Crippen LogP contribution in [0.15, 0.2) is 48.5 Å². The van der Waals surface area contributed by atoms with Crippen LogP contribution in [-0.2, 0) is 6.54 Å². The minimum Gasteiger partial charge on any atom is -0.478 e. The largest absolute Gasteiger partial charge is 0.478 e. The molecule has 0 radical (unpaired) electrons. The molecule has 5 nitrogen and oxygen atoms in total. The number of nitrogens with one attached hydrogen (secondary N) is 1. The number of halogens is 1. The summed E-state index contributed by atoms with van der Waals surface area (Å²) >= 11 is 6.09. The second-order valence-electron chi connectivity index (χ2n) is 6.84. The lowest BCUT2D eigenvalue weighted by Crippen LogP contribution is -2.47. The molecule has 0 unspecified atom stereocenters. The fourth-order valence-electron chi connectivity index (χ4n) is 3.38. The third-order valence-electron chi connectivity index (χ3n) is 4.88. The molecule has 0 aromatic heterocycles. The van der Waals surface area contributed by atoms with Gasteiger partial charge in [-0.3, -0.25) is 4.90 Å². The average Bonchev–Trinajstić information content (AvgIpc) is 2.68. The molecule has 144 valence electrons. The van der Waals surface area contributed by atoms with E-state index >= 15 is 0 Å². The third-order valence-corrected chi connectivity index (χ3v) is 5.11. The first-order valence-electron chi connectivity index (χ1n) is 9.37. The lowest BCUT2D eigenvalue weighted by Gasteiger charge is -2.36. The number of hydrogen-bond donors (Lipinski definition) is 2. The van der Waals surface area contributed by atoms with Crippen LogP contribution in [-0.4, -0.2) is 55.2 Å². The standard InChI is InChI=1S/C21H26ClN3O2/c22-19-6-2-7-20(15-19)25-12-10-24(11-13-25)9-3-8-23-16-17-4-1-5-18(14-17)21(26)27/h1-2,4-7,14-15,23H,3,8-13,16H2,(H,26,27). The van der Waals surface area contributed by atoms with Gasteiger partial charge in [0.2, 0.25) is 0 Å². The van der Waals surface area contributed by atoms with Crippen molar-refractivity contribution in [1.82, 2.24) is 10.2 Å². The topological polar surface area (TPSA) is 55.8 Å². The second-order valence-corrected chi connectivity index (χ2v) is 7.28. The highest BCUT2D eigenvalue weighted by Crippen LogP contribution is 2.20. The number of aromatic carboxylic acids is 1. The number of nitrogens with zero attached hydrogens (tertiary/aromatic N) is 2. The molecule has 1 heterocycles. The van der Waals surface area contributed by atoms with Crippen LogP contribution >= 0.6 is 11.6 Å². The van der Waals surface area contributed by atoms with Crippen molar-refractivity contribution in [2.24, 2.45) is 0 Å². The minimum absolute atomic E-state index is 0.340. The van der Waals surface area contributed by atoms with Gasteiger partial charge in [-0.15, -0.1) is 0 Å². The lowest BCUT2D eigenvalue weighted by atomic mass is 10.1. The Labute approximate surface area is 165 Å². The van der Waals surface area contributed by atoms with E-state index in [9.17, 15) is 4.79 Å². The van der Waals surface area contributed by atoms with Gasteiger partial charge in [0.25, 0.3) is 0 Å². The van der Waals surface area contributed by atoms with E-state index in [1.807, 2.05) is 24.3 Å². The predicted molar refractivity (Wildman–Crippen MR) is 110 cm³/mol. The summed E-state index contributed by atoms with van der Waals surface area (Å²) in [6.45, 7) is 6.87. The van der Waals surface area contributed by atoms with E-state index in [0.29, 0.717) is 12.1 Å². The molecular weight excluding hydrogens is 362 g/mol. The molecule has 0 aliphatic carbocycles. The first-order valence-corrected chi connectivity index (χ1v) is 9.75. The van der Waals surface area contributed by atoms with E-state index in [4.69, 9.17) is 16.7 Å². The van der Waals surface area contributed by atoms with E-state index in [0.717, 1.165) is 56.3 Å². The highest BCUT2D eigenvalue weighted by molar-refractivity contribution is 6.30. The molecule has 0 amide bonds. The molecule has 0 saturated carbocycles. The zero-order chi connectivity index (χ0) is 19.1. The van der Waals surface area contributed by atoms with Gasteiger partial charge in [0.05, 0.1) is 5.56 Å². The normalized spacial score (nSPS) is 15.1. The molecular formula is C21H26ClN3O2. The number of rotatable bonds is 8. The van der Waals surface area contributed by atoms with Crippen molar-refractivity contribution in [3.63, 3.8) is 0 Å². The highest BCUT2D eigenvalue weighted by Gasteiger charge is 2.16. The van der Waals surface area contributed by atoms with E-state index in [1.165, 1.54) is 5.69 Å². The van der Waals surface area contributed by atoms with Gasteiger partial charge in [-0.05, 0) is 55.4 Å².